The fourth-order valence-electron chi connectivity index (χ4n) is 1.81. The van der Waals surface area contributed by atoms with E-state index in [0.29, 0.717) is 0 Å². The summed E-state index contributed by atoms with van der Waals surface area (Å²) in [5.74, 6) is 0. The van der Waals surface area contributed by atoms with Crippen LogP contribution in [0.3, 0.4) is 0 Å². The van der Waals surface area contributed by atoms with Crippen molar-refractivity contribution in [2.75, 3.05) is 13.6 Å². The second-order valence-corrected chi connectivity index (χ2v) is 4.21. The van der Waals surface area contributed by atoms with Gasteiger partial charge >= 0.3 is 0 Å². The van der Waals surface area contributed by atoms with Crippen LogP contribution >= 0.6 is 0 Å². The van der Waals surface area contributed by atoms with Gasteiger partial charge in [0.1, 0.15) is 0 Å². The number of hydrogen-bond donors (Lipinski definition) is 2. The van der Waals surface area contributed by atoms with Crippen molar-refractivity contribution < 1.29 is 0 Å². The first-order valence-corrected chi connectivity index (χ1v) is 5.62. The first-order chi connectivity index (χ1) is 7.15. The van der Waals surface area contributed by atoms with Crippen molar-refractivity contribution >= 4 is 0 Å². The van der Waals surface area contributed by atoms with E-state index in [9.17, 15) is 0 Å². The van der Waals surface area contributed by atoms with Gasteiger partial charge in [-0.15, -0.1) is 0 Å². The van der Waals surface area contributed by atoms with Gasteiger partial charge in [0.2, 0.25) is 0 Å². The van der Waals surface area contributed by atoms with Crippen molar-refractivity contribution in [3.8, 4) is 0 Å². The molecular formula is C13H22N2. The summed E-state index contributed by atoms with van der Waals surface area (Å²) in [6.45, 7) is 5.29. The van der Waals surface area contributed by atoms with Gasteiger partial charge in [0, 0.05) is 6.04 Å². The van der Waals surface area contributed by atoms with E-state index in [0.717, 1.165) is 19.4 Å². The molecule has 0 aliphatic heterocycles. The predicted octanol–water partition coefficient (Wildman–Crippen LogP) is 2.30. The van der Waals surface area contributed by atoms with Crippen LogP contribution in [0.15, 0.2) is 18.2 Å². The van der Waals surface area contributed by atoms with Gasteiger partial charge in [0.15, 0.2) is 0 Å². The number of nitrogens with one attached hydrogen (secondary N) is 1. The standard InChI is InChI=1S/C13H22N2/c1-10-6-7-11(2)12(9-10)13(14)5-4-8-15-3/h6-7,9,13,15H,4-5,8,14H2,1-3H3. The van der Waals surface area contributed by atoms with Gasteiger partial charge in [-0.2, -0.15) is 0 Å². The quantitative estimate of drug-likeness (QED) is 0.725. The maximum absolute atomic E-state index is 6.18. The third-order valence-electron chi connectivity index (χ3n) is 2.78. The van der Waals surface area contributed by atoms with Crippen molar-refractivity contribution in [1.29, 1.82) is 0 Å². The maximum atomic E-state index is 6.18. The van der Waals surface area contributed by atoms with Crippen LogP contribution < -0.4 is 11.1 Å². The zero-order valence-electron chi connectivity index (χ0n) is 10.0. The highest BCUT2D eigenvalue weighted by molar-refractivity contribution is 5.32. The van der Waals surface area contributed by atoms with Crippen LogP contribution in [0, 0.1) is 13.8 Å². The second kappa shape index (κ2) is 5.89. The van der Waals surface area contributed by atoms with E-state index in [1.54, 1.807) is 0 Å². The lowest BCUT2D eigenvalue weighted by Crippen LogP contribution is -2.15. The lowest BCUT2D eigenvalue weighted by Gasteiger charge is -2.15. The molecule has 3 N–H and O–H groups in total. The van der Waals surface area contributed by atoms with Crippen molar-refractivity contribution in [3.05, 3.63) is 34.9 Å². The highest BCUT2D eigenvalue weighted by Crippen LogP contribution is 2.20. The summed E-state index contributed by atoms with van der Waals surface area (Å²) >= 11 is 0. The molecule has 0 saturated heterocycles. The molecule has 1 aromatic rings. The molecule has 0 fully saturated rings. The summed E-state index contributed by atoms with van der Waals surface area (Å²) in [6.07, 6.45) is 2.18. The third kappa shape index (κ3) is 3.65. The molecule has 0 spiro atoms. The second-order valence-electron chi connectivity index (χ2n) is 4.21. The van der Waals surface area contributed by atoms with Gasteiger partial charge in [-0.05, 0) is 51.4 Å². The summed E-state index contributed by atoms with van der Waals surface area (Å²) in [6, 6.07) is 6.68. The molecule has 84 valence electrons. The van der Waals surface area contributed by atoms with Gasteiger partial charge in [-0.3, -0.25) is 0 Å². The molecule has 0 heterocycles. The van der Waals surface area contributed by atoms with Crippen molar-refractivity contribution in [2.45, 2.75) is 32.7 Å². The molecule has 0 amide bonds. The highest BCUT2D eigenvalue weighted by atomic mass is 14.8. The van der Waals surface area contributed by atoms with E-state index < -0.39 is 0 Å². The Morgan fingerprint density at radius 3 is 2.73 bits per heavy atom. The molecule has 1 aromatic carbocycles. The van der Waals surface area contributed by atoms with Gasteiger partial charge in [-0.25, -0.2) is 0 Å². The number of hydrogen-bond acceptors (Lipinski definition) is 2. The average molecular weight is 206 g/mol. The predicted molar refractivity (Wildman–Crippen MR) is 66.0 cm³/mol. The number of rotatable bonds is 5. The molecule has 1 atom stereocenters. The molecular weight excluding hydrogens is 184 g/mol. The van der Waals surface area contributed by atoms with Gasteiger partial charge in [0.25, 0.3) is 0 Å². The summed E-state index contributed by atoms with van der Waals surface area (Å²) in [5.41, 5.74) is 10.1. The van der Waals surface area contributed by atoms with Gasteiger partial charge < -0.3 is 11.1 Å². The Morgan fingerprint density at radius 1 is 1.33 bits per heavy atom. The topological polar surface area (TPSA) is 38.0 Å². The van der Waals surface area contributed by atoms with E-state index >= 15 is 0 Å². The summed E-state index contributed by atoms with van der Waals surface area (Å²) in [4.78, 5) is 0. The molecule has 1 unspecified atom stereocenters. The molecule has 2 heteroatoms. The zero-order chi connectivity index (χ0) is 11.3. The Kier molecular flexibility index (Phi) is 4.79. The Bertz CT molecular complexity index is 307. The Morgan fingerprint density at radius 2 is 2.07 bits per heavy atom. The van der Waals surface area contributed by atoms with E-state index in [4.69, 9.17) is 5.73 Å². The van der Waals surface area contributed by atoms with Crippen LogP contribution in [0.25, 0.3) is 0 Å². The molecule has 0 saturated carbocycles. The molecule has 0 aliphatic carbocycles. The Labute approximate surface area is 92.9 Å². The van der Waals surface area contributed by atoms with Crippen molar-refractivity contribution in [1.82, 2.24) is 5.32 Å². The number of benzene rings is 1. The van der Waals surface area contributed by atoms with Crippen LogP contribution in [0.4, 0.5) is 0 Å². The minimum Gasteiger partial charge on any atom is -0.324 e. The van der Waals surface area contributed by atoms with Crippen LogP contribution in [-0.4, -0.2) is 13.6 Å². The summed E-state index contributed by atoms with van der Waals surface area (Å²) in [7, 11) is 1.98. The number of nitrogens with two attached hydrogens (primary N) is 1. The number of aryl methyl sites for hydroxylation is 2. The van der Waals surface area contributed by atoms with Gasteiger partial charge in [-0.1, -0.05) is 23.8 Å². The lowest BCUT2D eigenvalue weighted by atomic mass is 9.96. The molecule has 0 aliphatic rings. The fourth-order valence-corrected chi connectivity index (χ4v) is 1.81. The zero-order valence-corrected chi connectivity index (χ0v) is 10.0. The first kappa shape index (κ1) is 12.2. The summed E-state index contributed by atoms with van der Waals surface area (Å²) < 4.78 is 0. The normalized spacial score (nSPS) is 12.8. The largest absolute Gasteiger partial charge is 0.324 e. The molecule has 1 rings (SSSR count). The Balaban J connectivity index is 2.64. The highest BCUT2D eigenvalue weighted by Gasteiger charge is 2.08. The van der Waals surface area contributed by atoms with Crippen LogP contribution in [0.5, 0.6) is 0 Å². The van der Waals surface area contributed by atoms with Crippen LogP contribution in [0.2, 0.25) is 0 Å². The van der Waals surface area contributed by atoms with Crippen LogP contribution in [-0.2, 0) is 0 Å². The molecule has 15 heavy (non-hydrogen) atoms. The van der Waals surface area contributed by atoms with E-state index in [2.05, 4.69) is 37.4 Å². The van der Waals surface area contributed by atoms with Crippen molar-refractivity contribution in [3.63, 3.8) is 0 Å². The Hall–Kier alpha value is -0.860. The van der Waals surface area contributed by atoms with E-state index in [-0.39, 0.29) is 6.04 Å². The first-order valence-electron chi connectivity index (χ1n) is 5.62. The smallest absolute Gasteiger partial charge is 0.0298 e. The van der Waals surface area contributed by atoms with Crippen LogP contribution in [0.1, 0.15) is 35.6 Å². The third-order valence-corrected chi connectivity index (χ3v) is 2.78. The average Bonchev–Trinajstić information content (AvgIpc) is 2.22. The van der Waals surface area contributed by atoms with E-state index in [1.165, 1.54) is 16.7 Å². The van der Waals surface area contributed by atoms with Gasteiger partial charge in [0.05, 0.1) is 0 Å². The van der Waals surface area contributed by atoms with Crippen molar-refractivity contribution in [2.24, 2.45) is 5.73 Å². The minimum atomic E-state index is 0.179. The molecule has 0 radical (unpaired) electrons. The lowest BCUT2D eigenvalue weighted by molar-refractivity contribution is 0.588. The maximum Gasteiger partial charge on any atom is 0.0298 e. The minimum absolute atomic E-state index is 0.179. The molecule has 0 aromatic heterocycles. The molecule has 2 nitrogen and oxygen atoms in total. The van der Waals surface area contributed by atoms with E-state index in [1.807, 2.05) is 7.05 Å². The summed E-state index contributed by atoms with van der Waals surface area (Å²) in [5, 5.41) is 3.14. The fraction of sp³-hybridized carbons (Fsp3) is 0.538. The SMILES string of the molecule is CNCCCC(N)c1cc(C)ccc1C. The molecule has 0 bridgehead atoms. The monoisotopic (exact) mass is 206 g/mol.